The first-order chi connectivity index (χ1) is 11.0. The number of rotatable bonds is 3. The SMILES string of the molecule is COC(=O)NC(=S)Nc1cc(Sc2ccc(Cl)cc2)ccc1N. The van der Waals surface area contributed by atoms with Gasteiger partial charge >= 0.3 is 6.09 Å². The number of benzene rings is 2. The Morgan fingerprint density at radius 3 is 2.52 bits per heavy atom. The van der Waals surface area contributed by atoms with Crippen LogP contribution in [0.2, 0.25) is 5.02 Å². The molecule has 0 unspecified atom stereocenters. The van der Waals surface area contributed by atoms with Gasteiger partial charge in [0.25, 0.3) is 0 Å². The Hall–Kier alpha value is -1.96. The molecule has 0 fully saturated rings. The monoisotopic (exact) mass is 367 g/mol. The molecular weight excluding hydrogens is 354 g/mol. The van der Waals surface area contributed by atoms with Crippen LogP contribution in [0.1, 0.15) is 0 Å². The summed E-state index contributed by atoms with van der Waals surface area (Å²) in [5, 5.41) is 6.03. The minimum atomic E-state index is -0.646. The van der Waals surface area contributed by atoms with E-state index in [-0.39, 0.29) is 5.11 Å². The Balaban J connectivity index is 2.10. The molecule has 0 aliphatic rings. The average molecular weight is 368 g/mol. The molecule has 0 heterocycles. The van der Waals surface area contributed by atoms with Gasteiger partial charge < -0.3 is 15.8 Å². The number of hydrogen-bond acceptors (Lipinski definition) is 5. The predicted octanol–water partition coefficient (Wildman–Crippen LogP) is 4.13. The van der Waals surface area contributed by atoms with Gasteiger partial charge in [-0.2, -0.15) is 0 Å². The van der Waals surface area contributed by atoms with Crippen molar-refractivity contribution in [2.45, 2.75) is 9.79 Å². The summed E-state index contributed by atoms with van der Waals surface area (Å²) in [6, 6.07) is 13.0. The van der Waals surface area contributed by atoms with Gasteiger partial charge in [0.2, 0.25) is 0 Å². The van der Waals surface area contributed by atoms with Gasteiger partial charge in [0, 0.05) is 14.8 Å². The van der Waals surface area contributed by atoms with Crippen LogP contribution in [0.4, 0.5) is 16.2 Å². The average Bonchev–Trinajstić information content (AvgIpc) is 2.52. The highest BCUT2D eigenvalue weighted by atomic mass is 35.5. The van der Waals surface area contributed by atoms with E-state index < -0.39 is 6.09 Å². The Morgan fingerprint density at radius 2 is 1.87 bits per heavy atom. The summed E-state index contributed by atoms with van der Waals surface area (Å²) < 4.78 is 4.48. The number of alkyl carbamates (subject to hydrolysis) is 1. The highest BCUT2D eigenvalue weighted by Gasteiger charge is 2.07. The number of nitrogen functional groups attached to an aromatic ring is 1. The summed E-state index contributed by atoms with van der Waals surface area (Å²) in [6.45, 7) is 0. The topological polar surface area (TPSA) is 76.4 Å². The summed E-state index contributed by atoms with van der Waals surface area (Å²) in [5.41, 5.74) is 7.04. The number of thiocarbonyl (C=S) groups is 1. The van der Waals surface area contributed by atoms with E-state index >= 15 is 0 Å². The first-order valence-corrected chi connectivity index (χ1v) is 8.07. The largest absolute Gasteiger partial charge is 0.453 e. The molecule has 0 saturated heterocycles. The lowest BCUT2D eigenvalue weighted by atomic mass is 10.3. The van der Waals surface area contributed by atoms with Crippen LogP contribution in [-0.2, 0) is 4.74 Å². The van der Waals surface area contributed by atoms with Crippen LogP contribution < -0.4 is 16.4 Å². The van der Waals surface area contributed by atoms with E-state index in [1.807, 2.05) is 36.4 Å². The number of methoxy groups -OCH3 is 1. The zero-order valence-corrected chi connectivity index (χ0v) is 14.5. The van der Waals surface area contributed by atoms with Gasteiger partial charge in [-0.05, 0) is 54.7 Å². The second-order valence-electron chi connectivity index (χ2n) is 4.38. The zero-order chi connectivity index (χ0) is 16.8. The maximum absolute atomic E-state index is 11.1. The van der Waals surface area contributed by atoms with Crippen LogP contribution >= 0.6 is 35.6 Å². The second-order valence-corrected chi connectivity index (χ2v) is 6.37. The minimum absolute atomic E-state index is 0.109. The van der Waals surface area contributed by atoms with Crippen LogP contribution in [0, 0.1) is 0 Å². The van der Waals surface area contributed by atoms with E-state index in [1.54, 1.807) is 17.8 Å². The molecule has 5 nitrogen and oxygen atoms in total. The molecule has 0 saturated carbocycles. The van der Waals surface area contributed by atoms with Gasteiger partial charge in [-0.15, -0.1) is 0 Å². The van der Waals surface area contributed by atoms with Crippen LogP contribution in [0.3, 0.4) is 0 Å². The highest BCUT2D eigenvalue weighted by molar-refractivity contribution is 7.99. The lowest BCUT2D eigenvalue weighted by Crippen LogP contribution is -2.34. The molecule has 0 atom stereocenters. The number of nitrogens with two attached hydrogens (primary N) is 1. The van der Waals surface area contributed by atoms with Gasteiger partial charge in [-0.25, -0.2) is 4.79 Å². The fraction of sp³-hybridized carbons (Fsp3) is 0.0667. The molecule has 1 amide bonds. The van der Waals surface area contributed by atoms with Crippen LogP contribution in [0.15, 0.2) is 52.3 Å². The molecule has 2 aromatic rings. The smallest absolute Gasteiger partial charge is 0.413 e. The van der Waals surface area contributed by atoms with Gasteiger partial charge in [-0.3, -0.25) is 5.32 Å². The number of amides is 1. The molecule has 8 heteroatoms. The molecule has 0 radical (unpaired) electrons. The number of hydrogen-bond donors (Lipinski definition) is 3. The number of carbonyl (C=O) groups is 1. The summed E-state index contributed by atoms with van der Waals surface area (Å²) in [7, 11) is 1.26. The van der Waals surface area contributed by atoms with Crippen molar-refractivity contribution in [2.24, 2.45) is 0 Å². The standard InChI is InChI=1S/C15H14ClN3O2S2/c1-21-15(20)19-14(22)18-13-8-11(6-7-12(13)17)23-10-4-2-9(16)3-5-10/h2-8H,17H2,1H3,(H2,18,19,20,22). The predicted molar refractivity (Wildman–Crippen MR) is 98.2 cm³/mol. The number of halogens is 1. The van der Waals surface area contributed by atoms with Crippen LogP contribution in [0.25, 0.3) is 0 Å². The third-order valence-corrected chi connectivity index (χ3v) is 4.18. The van der Waals surface area contributed by atoms with Crippen molar-refractivity contribution in [3.63, 3.8) is 0 Å². The van der Waals surface area contributed by atoms with E-state index in [0.29, 0.717) is 16.4 Å². The van der Waals surface area contributed by atoms with E-state index in [2.05, 4.69) is 15.4 Å². The van der Waals surface area contributed by atoms with E-state index in [1.165, 1.54) is 7.11 Å². The molecule has 0 aromatic heterocycles. The summed E-state index contributed by atoms with van der Waals surface area (Å²) in [5.74, 6) is 0. The highest BCUT2D eigenvalue weighted by Crippen LogP contribution is 2.32. The molecule has 23 heavy (non-hydrogen) atoms. The summed E-state index contributed by atoms with van der Waals surface area (Å²) >= 11 is 12.5. The van der Waals surface area contributed by atoms with Gasteiger partial charge in [0.05, 0.1) is 18.5 Å². The van der Waals surface area contributed by atoms with Crippen molar-refractivity contribution in [1.82, 2.24) is 5.32 Å². The molecule has 2 rings (SSSR count). The molecule has 4 N–H and O–H groups in total. The first-order valence-electron chi connectivity index (χ1n) is 6.47. The van der Waals surface area contributed by atoms with Crippen molar-refractivity contribution in [3.05, 3.63) is 47.5 Å². The summed E-state index contributed by atoms with van der Waals surface area (Å²) in [4.78, 5) is 13.1. The first kappa shape index (κ1) is 17.4. The third kappa shape index (κ3) is 5.31. The molecule has 0 spiro atoms. The van der Waals surface area contributed by atoms with Gasteiger partial charge in [0.1, 0.15) is 0 Å². The number of nitrogens with one attached hydrogen (secondary N) is 2. The number of ether oxygens (including phenoxy) is 1. The van der Waals surface area contributed by atoms with Crippen molar-refractivity contribution in [1.29, 1.82) is 0 Å². The van der Waals surface area contributed by atoms with Gasteiger partial charge in [0.15, 0.2) is 5.11 Å². The van der Waals surface area contributed by atoms with E-state index in [0.717, 1.165) is 9.79 Å². The van der Waals surface area contributed by atoms with E-state index in [4.69, 9.17) is 29.6 Å². The normalized spacial score (nSPS) is 10.0. The molecule has 0 bridgehead atoms. The third-order valence-electron chi connectivity index (χ3n) is 2.72. The quantitative estimate of drug-likeness (QED) is 0.559. The van der Waals surface area contributed by atoms with Crippen molar-refractivity contribution in [3.8, 4) is 0 Å². The maximum Gasteiger partial charge on any atom is 0.413 e. The maximum atomic E-state index is 11.1. The Bertz CT molecular complexity index is 723. The van der Waals surface area contributed by atoms with Crippen molar-refractivity contribution >= 4 is 58.2 Å². The Kier molecular flexibility index (Phi) is 6.09. The minimum Gasteiger partial charge on any atom is -0.453 e. The molecule has 120 valence electrons. The molecule has 0 aliphatic carbocycles. The van der Waals surface area contributed by atoms with Crippen LogP contribution in [0.5, 0.6) is 0 Å². The number of carbonyl (C=O) groups excluding carboxylic acids is 1. The zero-order valence-electron chi connectivity index (χ0n) is 12.1. The Labute approximate surface area is 148 Å². The van der Waals surface area contributed by atoms with Crippen molar-refractivity contribution < 1.29 is 9.53 Å². The molecular formula is C15H14ClN3O2S2. The van der Waals surface area contributed by atoms with Crippen LogP contribution in [-0.4, -0.2) is 18.3 Å². The summed E-state index contributed by atoms with van der Waals surface area (Å²) in [6.07, 6.45) is -0.646. The fourth-order valence-corrected chi connectivity index (χ4v) is 2.82. The number of anilines is 2. The Morgan fingerprint density at radius 1 is 1.22 bits per heavy atom. The second kappa shape index (κ2) is 8.05. The fourth-order valence-electron chi connectivity index (χ4n) is 1.64. The van der Waals surface area contributed by atoms with Crippen molar-refractivity contribution in [2.75, 3.05) is 18.2 Å². The molecule has 2 aromatic carbocycles. The van der Waals surface area contributed by atoms with E-state index in [9.17, 15) is 4.79 Å². The lowest BCUT2D eigenvalue weighted by Gasteiger charge is -2.12. The molecule has 0 aliphatic heterocycles. The lowest BCUT2D eigenvalue weighted by molar-refractivity contribution is 0.177. The van der Waals surface area contributed by atoms with Gasteiger partial charge in [-0.1, -0.05) is 23.4 Å².